The van der Waals surface area contributed by atoms with E-state index in [1.807, 2.05) is 0 Å². The van der Waals surface area contributed by atoms with E-state index in [0.717, 1.165) is 22.5 Å². The topological polar surface area (TPSA) is 12.9 Å². The van der Waals surface area contributed by atoms with Crippen LogP contribution in [0, 0.1) is 0 Å². The molecule has 178 valence electrons. The van der Waals surface area contributed by atoms with Crippen LogP contribution < -0.4 is 0 Å². The maximum Gasteiger partial charge on any atom is 0.0715 e. The van der Waals surface area contributed by atoms with Crippen molar-refractivity contribution in [3.8, 4) is 44.8 Å². The van der Waals surface area contributed by atoms with E-state index in [4.69, 9.17) is 4.98 Å². The summed E-state index contributed by atoms with van der Waals surface area (Å²) in [4.78, 5) is 5.11. The van der Waals surface area contributed by atoms with Gasteiger partial charge in [-0.2, -0.15) is 0 Å². The number of benzene rings is 4. The number of pyridine rings is 1. The SMILES string of the molecule is CC(C)c1cc(-c2ccccc2)cc(C(C)C)c1-c1cc(-c2ccccc2)nc(-c2ccccc2)c1. The second kappa shape index (κ2) is 10.3. The van der Waals surface area contributed by atoms with E-state index >= 15 is 0 Å². The maximum absolute atomic E-state index is 5.11. The average Bonchev–Trinajstić information content (AvgIpc) is 2.93. The molecule has 0 amide bonds. The van der Waals surface area contributed by atoms with Gasteiger partial charge in [0.05, 0.1) is 11.4 Å². The van der Waals surface area contributed by atoms with Gasteiger partial charge in [-0.3, -0.25) is 0 Å². The van der Waals surface area contributed by atoms with Crippen molar-refractivity contribution < 1.29 is 0 Å². The zero-order valence-electron chi connectivity index (χ0n) is 21.6. The van der Waals surface area contributed by atoms with E-state index in [1.54, 1.807) is 0 Å². The van der Waals surface area contributed by atoms with Gasteiger partial charge in [0.2, 0.25) is 0 Å². The van der Waals surface area contributed by atoms with Gasteiger partial charge in [-0.1, -0.05) is 131 Å². The van der Waals surface area contributed by atoms with Crippen molar-refractivity contribution >= 4 is 0 Å². The normalized spacial score (nSPS) is 11.3. The summed E-state index contributed by atoms with van der Waals surface area (Å²) in [5, 5.41) is 0. The Balaban J connectivity index is 1.80. The lowest BCUT2D eigenvalue weighted by molar-refractivity contribution is 0.838. The predicted octanol–water partition coefficient (Wildman–Crippen LogP) is 10.00. The molecule has 4 aromatic carbocycles. The molecular weight excluding hydrogens is 434 g/mol. The fourth-order valence-corrected chi connectivity index (χ4v) is 4.92. The molecule has 0 bridgehead atoms. The first-order valence-electron chi connectivity index (χ1n) is 12.9. The Labute approximate surface area is 215 Å². The smallest absolute Gasteiger partial charge is 0.0715 e. The Morgan fingerprint density at radius 3 is 1.19 bits per heavy atom. The van der Waals surface area contributed by atoms with Crippen molar-refractivity contribution in [2.45, 2.75) is 39.5 Å². The summed E-state index contributed by atoms with van der Waals surface area (Å²) in [5.74, 6) is 0.768. The monoisotopic (exact) mass is 467 g/mol. The molecular formula is C35H33N. The lowest BCUT2D eigenvalue weighted by Gasteiger charge is -2.23. The molecule has 0 saturated carbocycles. The van der Waals surface area contributed by atoms with Crippen molar-refractivity contribution in [3.05, 3.63) is 126 Å². The van der Waals surface area contributed by atoms with Gasteiger partial charge in [-0.05, 0) is 57.3 Å². The van der Waals surface area contributed by atoms with Crippen molar-refractivity contribution in [1.29, 1.82) is 0 Å². The first-order valence-corrected chi connectivity index (χ1v) is 12.9. The number of hydrogen-bond acceptors (Lipinski definition) is 1. The van der Waals surface area contributed by atoms with Crippen molar-refractivity contribution in [2.24, 2.45) is 0 Å². The molecule has 0 radical (unpaired) electrons. The van der Waals surface area contributed by atoms with Crippen LogP contribution in [0.25, 0.3) is 44.8 Å². The van der Waals surface area contributed by atoms with E-state index in [2.05, 4.69) is 143 Å². The van der Waals surface area contributed by atoms with Crippen LogP contribution in [-0.4, -0.2) is 4.98 Å². The average molecular weight is 468 g/mol. The molecule has 36 heavy (non-hydrogen) atoms. The van der Waals surface area contributed by atoms with Crippen LogP contribution in [0.1, 0.15) is 50.7 Å². The minimum Gasteiger partial charge on any atom is -0.248 e. The highest BCUT2D eigenvalue weighted by atomic mass is 14.7. The van der Waals surface area contributed by atoms with Crippen LogP contribution in [0.2, 0.25) is 0 Å². The molecule has 0 fully saturated rings. The van der Waals surface area contributed by atoms with Crippen molar-refractivity contribution in [2.75, 3.05) is 0 Å². The second-order valence-electron chi connectivity index (χ2n) is 10.1. The van der Waals surface area contributed by atoms with Gasteiger partial charge in [0, 0.05) is 11.1 Å². The molecule has 0 atom stereocenters. The van der Waals surface area contributed by atoms with Gasteiger partial charge >= 0.3 is 0 Å². The third-order valence-corrected chi connectivity index (χ3v) is 6.80. The molecule has 1 nitrogen and oxygen atoms in total. The Kier molecular flexibility index (Phi) is 6.82. The number of hydrogen-bond donors (Lipinski definition) is 0. The third kappa shape index (κ3) is 4.88. The van der Waals surface area contributed by atoms with Crippen molar-refractivity contribution in [3.63, 3.8) is 0 Å². The summed E-state index contributed by atoms with van der Waals surface area (Å²) in [7, 11) is 0. The van der Waals surface area contributed by atoms with Gasteiger partial charge in [-0.15, -0.1) is 0 Å². The molecule has 0 unspecified atom stereocenters. The van der Waals surface area contributed by atoms with E-state index in [9.17, 15) is 0 Å². The van der Waals surface area contributed by atoms with Gasteiger partial charge < -0.3 is 0 Å². The highest BCUT2D eigenvalue weighted by molar-refractivity contribution is 5.83. The lowest BCUT2D eigenvalue weighted by Crippen LogP contribution is -2.02. The molecule has 0 aliphatic carbocycles. The Morgan fingerprint density at radius 1 is 0.417 bits per heavy atom. The summed E-state index contributed by atoms with van der Waals surface area (Å²) in [6.07, 6.45) is 0. The number of aromatic nitrogens is 1. The molecule has 0 N–H and O–H groups in total. The first kappa shape index (κ1) is 23.8. The molecule has 5 aromatic rings. The highest BCUT2D eigenvalue weighted by Gasteiger charge is 2.20. The second-order valence-corrected chi connectivity index (χ2v) is 10.1. The van der Waals surface area contributed by atoms with Crippen LogP contribution in [-0.2, 0) is 0 Å². The third-order valence-electron chi connectivity index (χ3n) is 6.80. The van der Waals surface area contributed by atoms with Crippen molar-refractivity contribution in [1.82, 2.24) is 4.98 Å². The Bertz CT molecular complexity index is 1360. The summed E-state index contributed by atoms with van der Waals surface area (Å²) in [6.45, 7) is 9.20. The fraction of sp³-hybridized carbons (Fsp3) is 0.171. The van der Waals surface area contributed by atoms with E-state index in [1.165, 1.54) is 33.4 Å². The molecule has 1 heteroatoms. The largest absolute Gasteiger partial charge is 0.248 e. The van der Waals surface area contributed by atoms with E-state index in [0.29, 0.717) is 11.8 Å². The minimum absolute atomic E-state index is 0.384. The molecule has 0 saturated heterocycles. The Morgan fingerprint density at radius 2 is 0.806 bits per heavy atom. The molecule has 0 spiro atoms. The van der Waals surface area contributed by atoms with Gasteiger partial charge in [0.25, 0.3) is 0 Å². The fourth-order valence-electron chi connectivity index (χ4n) is 4.92. The number of rotatable bonds is 6. The summed E-state index contributed by atoms with van der Waals surface area (Å²) in [5.41, 5.74) is 12.2. The zero-order valence-corrected chi connectivity index (χ0v) is 21.6. The molecule has 0 aliphatic rings. The van der Waals surface area contributed by atoms with Crippen LogP contribution in [0.5, 0.6) is 0 Å². The molecule has 0 aliphatic heterocycles. The zero-order chi connectivity index (χ0) is 25.1. The Hall–Kier alpha value is -3.97. The van der Waals surface area contributed by atoms with Gasteiger partial charge in [0.15, 0.2) is 0 Å². The standard InChI is InChI=1S/C35H33N/c1-24(2)31-20-29(26-14-8-5-9-15-26)21-32(25(3)4)35(31)30-22-33(27-16-10-6-11-17-27)36-34(23-30)28-18-12-7-13-19-28/h5-25H,1-4H3. The van der Waals surface area contributed by atoms with E-state index in [-0.39, 0.29) is 0 Å². The van der Waals surface area contributed by atoms with Crippen LogP contribution >= 0.6 is 0 Å². The van der Waals surface area contributed by atoms with Crippen LogP contribution in [0.3, 0.4) is 0 Å². The van der Waals surface area contributed by atoms with Crippen LogP contribution in [0.4, 0.5) is 0 Å². The highest BCUT2D eigenvalue weighted by Crippen LogP contribution is 2.41. The molecule has 5 rings (SSSR count). The first-order chi connectivity index (χ1) is 17.5. The van der Waals surface area contributed by atoms with Crippen LogP contribution in [0.15, 0.2) is 115 Å². The lowest BCUT2D eigenvalue weighted by atomic mass is 9.82. The van der Waals surface area contributed by atoms with Gasteiger partial charge in [0.1, 0.15) is 0 Å². The summed E-state index contributed by atoms with van der Waals surface area (Å²) >= 11 is 0. The predicted molar refractivity (Wildman–Crippen MR) is 154 cm³/mol. The number of nitrogens with zero attached hydrogens (tertiary/aromatic N) is 1. The minimum atomic E-state index is 0.384. The quantitative estimate of drug-likeness (QED) is 0.242. The summed E-state index contributed by atoms with van der Waals surface area (Å²) in [6, 6.07) is 41.1. The molecule has 1 aromatic heterocycles. The maximum atomic E-state index is 5.11. The van der Waals surface area contributed by atoms with Gasteiger partial charge in [-0.25, -0.2) is 4.98 Å². The van der Waals surface area contributed by atoms with E-state index < -0.39 is 0 Å². The molecule has 1 heterocycles. The summed E-state index contributed by atoms with van der Waals surface area (Å²) < 4.78 is 0.